The third-order valence-corrected chi connectivity index (χ3v) is 5.74. The second kappa shape index (κ2) is 8.81. The van der Waals surface area contributed by atoms with Crippen molar-refractivity contribution in [2.24, 2.45) is 5.92 Å². The lowest BCUT2D eigenvalue weighted by Crippen LogP contribution is -2.50. The van der Waals surface area contributed by atoms with Crippen LogP contribution in [0, 0.1) is 19.8 Å². The van der Waals surface area contributed by atoms with Gasteiger partial charge >= 0.3 is 12.1 Å². The molecular weight excluding hydrogens is 431 g/mol. The Kier molecular flexibility index (Phi) is 6.06. The zero-order chi connectivity index (χ0) is 23.8. The number of ether oxygens (including phenoxy) is 1. The molecule has 0 amide bonds. The number of anilines is 1. The smallest absolute Gasteiger partial charge is 0.416 e. The van der Waals surface area contributed by atoms with Crippen molar-refractivity contribution in [2.75, 3.05) is 18.0 Å². The molecule has 0 radical (unpaired) electrons. The summed E-state index contributed by atoms with van der Waals surface area (Å²) in [5, 5.41) is 9.11. The highest BCUT2D eigenvalue weighted by atomic mass is 19.4. The second-order valence-corrected chi connectivity index (χ2v) is 8.48. The van der Waals surface area contributed by atoms with Gasteiger partial charge in [-0.3, -0.25) is 4.79 Å². The van der Waals surface area contributed by atoms with E-state index in [1.807, 2.05) is 43.0 Å². The summed E-state index contributed by atoms with van der Waals surface area (Å²) in [7, 11) is 0. The van der Waals surface area contributed by atoms with Crippen LogP contribution in [-0.2, 0) is 17.6 Å². The number of aliphatic carboxylic acids is 1. The maximum atomic E-state index is 13.4. The molecule has 1 aliphatic heterocycles. The Morgan fingerprint density at radius 2 is 1.73 bits per heavy atom. The van der Waals surface area contributed by atoms with Gasteiger partial charge in [-0.2, -0.15) is 13.2 Å². The zero-order valence-corrected chi connectivity index (χ0v) is 18.3. The quantitative estimate of drug-likeness (QED) is 0.489. The van der Waals surface area contributed by atoms with E-state index < -0.39 is 23.6 Å². The maximum absolute atomic E-state index is 13.4. The molecule has 1 fully saturated rings. The van der Waals surface area contributed by atoms with Crippen molar-refractivity contribution >= 4 is 11.7 Å². The van der Waals surface area contributed by atoms with Crippen LogP contribution in [-0.4, -0.2) is 24.2 Å². The Morgan fingerprint density at radius 3 is 2.36 bits per heavy atom. The summed E-state index contributed by atoms with van der Waals surface area (Å²) in [5.74, 6) is -0.924. The van der Waals surface area contributed by atoms with Crippen molar-refractivity contribution in [1.29, 1.82) is 0 Å². The summed E-state index contributed by atoms with van der Waals surface area (Å²) in [6, 6.07) is 16.6. The van der Waals surface area contributed by atoms with Crippen LogP contribution >= 0.6 is 0 Å². The van der Waals surface area contributed by atoms with Gasteiger partial charge < -0.3 is 14.7 Å². The van der Waals surface area contributed by atoms with Crippen molar-refractivity contribution < 1.29 is 27.8 Å². The highest BCUT2D eigenvalue weighted by Gasteiger charge is 2.33. The van der Waals surface area contributed by atoms with Gasteiger partial charge in [0.15, 0.2) is 0 Å². The number of aryl methyl sites for hydroxylation is 2. The summed E-state index contributed by atoms with van der Waals surface area (Å²) >= 11 is 0. The zero-order valence-electron chi connectivity index (χ0n) is 18.3. The first-order valence-corrected chi connectivity index (χ1v) is 10.6. The first kappa shape index (κ1) is 22.7. The Labute approximate surface area is 190 Å². The molecule has 0 aliphatic carbocycles. The van der Waals surface area contributed by atoms with E-state index in [9.17, 15) is 18.0 Å². The van der Waals surface area contributed by atoms with Crippen LogP contribution in [0.2, 0.25) is 0 Å². The van der Waals surface area contributed by atoms with Gasteiger partial charge in [-0.1, -0.05) is 41.5 Å². The molecule has 0 unspecified atom stereocenters. The van der Waals surface area contributed by atoms with Crippen LogP contribution in [0.5, 0.6) is 5.75 Å². The molecule has 4 rings (SSSR count). The largest absolute Gasteiger partial charge is 0.488 e. The monoisotopic (exact) mass is 455 g/mol. The molecule has 1 N–H and O–H groups in total. The molecule has 0 aromatic heterocycles. The number of alkyl halides is 3. The number of hydrogen-bond donors (Lipinski definition) is 1. The number of benzene rings is 3. The van der Waals surface area contributed by atoms with Gasteiger partial charge in [-0.15, -0.1) is 0 Å². The van der Waals surface area contributed by atoms with E-state index in [-0.39, 0.29) is 6.61 Å². The summed E-state index contributed by atoms with van der Waals surface area (Å²) in [6.45, 7) is 4.94. The molecule has 0 atom stereocenters. The highest BCUT2D eigenvalue weighted by Crippen LogP contribution is 2.39. The van der Waals surface area contributed by atoms with E-state index in [1.54, 1.807) is 18.2 Å². The van der Waals surface area contributed by atoms with Gasteiger partial charge in [-0.25, -0.2) is 0 Å². The van der Waals surface area contributed by atoms with E-state index >= 15 is 0 Å². The fourth-order valence-electron chi connectivity index (χ4n) is 4.09. The third-order valence-electron chi connectivity index (χ3n) is 5.74. The Morgan fingerprint density at radius 1 is 1.03 bits per heavy atom. The normalized spacial score (nSPS) is 14.2. The predicted molar refractivity (Wildman–Crippen MR) is 120 cm³/mol. The van der Waals surface area contributed by atoms with E-state index in [2.05, 4.69) is 0 Å². The molecule has 0 spiro atoms. The van der Waals surface area contributed by atoms with Crippen LogP contribution in [0.25, 0.3) is 11.1 Å². The number of carbonyl (C=O) groups is 1. The fraction of sp³-hybridized carbons (Fsp3) is 0.269. The van der Waals surface area contributed by atoms with Crippen LogP contribution in [0.15, 0.2) is 60.7 Å². The molecule has 3 aromatic carbocycles. The lowest BCUT2D eigenvalue weighted by atomic mass is 9.97. The number of hydrogen-bond acceptors (Lipinski definition) is 3. The first-order chi connectivity index (χ1) is 15.6. The van der Waals surface area contributed by atoms with E-state index in [0.717, 1.165) is 34.5 Å². The molecule has 1 aliphatic rings. The predicted octanol–water partition coefficient (Wildman–Crippen LogP) is 6.09. The van der Waals surface area contributed by atoms with Crippen LogP contribution in [0.3, 0.4) is 0 Å². The van der Waals surface area contributed by atoms with Gasteiger partial charge in [0.25, 0.3) is 0 Å². The Bertz CT molecular complexity index is 1160. The fourth-order valence-corrected chi connectivity index (χ4v) is 4.09. The Hall–Kier alpha value is -3.48. The van der Waals surface area contributed by atoms with Crippen LogP contribution < -0.4 is 9.64 Å². The molecule has 0 bridgehead atoms. The van der Waals surface area contributed by atoms with Crippen LogP contribution in [0.1, 0.15) is 22.3 Å². The van der Waals surface area contributed by atoms with Crippen molar-refractivity contribution in [1.82, 2.24) is 0 Å². The minimum atomic E-state index is -4.48. The van der Waals surface area contributed by atoms with Gasteiger partial charge in [0.1, 0.15) is 12.4 Å². The van der Waals surface area contributed by atoms with E-state index in [1.165, 1.54) is 6.07 Å². The number of carboxylic acid groups (broad SMARTS) is 1. The Balaban J connectivity index is 1.65. The molecule has 172 valence electrons. The van der Waals surface area contributed by atoms with Crippen LogP contribution in [0.4, 0.5) is 18.9 Å². The number of halogens is 3. The van der Waals surface area contributed by atoms with Crippen molar-refractivity contribution in [3.8, 4) is 16.9 Å². The minimum absolute atomic E-state index is 0.229. The summed E-state index contributed by atoms with van der Waals surface area (Å²) < 4.78 is 46.3. The third kappa shape index (κ3) is 5.13. The molecule has 3 aromatic rings. The SMILES string of the molecule is Cc1cc(C)cc(COc2ccc(C(F)(F)F)cc2-c2cccc(N3CC(C(=O)O)C3)c2)c1. The lowest BCUT2D eigenvalue weighted by Gasteiger charge is -2.38. The van der Waals surface area contributed by atoms with Crippen molar-refractivity contribution in [3.05, 3.63) is 82.9 Å². The number of nitrogens with zero attached hydrogens (tertiary/aromatic N) is 1. The average molecular weight is 455 g/mol. The molecule has 4 nitrogen and oxygen atoms in total. The molecule has 0 saturated carbocycles. The minimum Gasteiger partial charge on any atom is -0.488 e. The topological polar surface area (TPSA) is 49.8 Å². The summed E-state index contributed by atoms with van der Waals surface area (Å²) in [6.07, 6.45) is -4.48. The summed E-state index contributed by atoms with van der Waals surface area (Å²) in [4.78, 5) is 13.0. The van der Waals surface area contributed by atoms with Gasteiger partial charge in [0.2, 0.25) is 0 Å². The molecular formula is C26H24F3NO3. The van der Waals surface area contributed by atoms with E-state index in [0.29, 0.717) is 30.0 Å². The summed E-state index contributed by atoms with van der Waals surface area (Å²) in [5.41, 5.74) is 4.04. The standard InChI is InChI=1S/C26H24F3NO3/c1-16-8-17(2)10-18(9-16)15-33-24-7-6-21(26(27,28)29)12-23(24)19-4-3-5-22(11-19)30-13-20(14-30)25(31)32/h3-12,20H,13-15H2,1-2H3,(H,31,32). The van der Waals surface area contributed by atoms with Crippen molar-refractivity contribution in [3.63, 3.8) is 0 Å². The van der Waals surface area contributed by atoms with Crippen molar-refractivity contribution in [2.45, 2.75) is 26.6 Å². The molecule has 1 heterocycles. The molecule has 1 saturated heterocycles. The van der Waals surface area contributed by atoms with Gasteiger partial charge in [0, 0.05) is 24.3 Å². The molecule has 33 heavy (non-hydrogen) atoms. The number of rotatable bonds is 6. The average Bonchev–Trinajstić information content (AvgIpc) is 2.69. The lowest BCUT2D eigenvalue weighted by molar-refractivity contribution is -0.142. The highest BCUT2D eigenvalue weighted by molar-refractivity contribution is 5.77. The second-order valence-electron chi connectivity index (χ2n) is 8.48. The van der Waals surface area contributed by atoms with E-state index in [4.69, 9.17) is 9.84 Å². The number of carboxylic acids is 1. The molecule has 7 heteroatoms. The van der Waals surface area contributed by atoms with Gasteiger partial charge in [-0.05, 0) is 55.3 Å². The van der Waals surface area contributed by atoms with Gasteiger partial charge in [0.05, 0.1) is 11.5 Å². The maximum Gasteiger partial charge on any atom is 0.416 e. The first-order valence-electron chi connectivity index (χ1n) is 10.6.